The average molecular weight is 427 g/mol. The number of H-pyrrole nitrogens is 1. The van der Waals surface area contributed by atoms with Crippen LogP contribution in [0.3, 0.4) is 0 Å². The molecule has 0 bridgehead atoms. The van der Waals surface area contributed by atoms with Crippen LogP contribution in [0.1, 0.15) is 33.2 Å². The molecule has 1 N–H and O–H groups in total. The van der Waals surface area contributed by atoms with Crippen molar-refractivity contribution < 1.29 is 14.3 Å². The Balaban J connectivity index is 1.49. The molecule has 1 aromatic heterocycles. The summed E-state index contributed by atoms with van der Waals surface area (Å²) in [7, 11) is 3.27. The van der Waals surface area contributed by atoms with Crippen molar-refractivity contribution >= 4 is 16.8 Å². The summed E-state index contributed by atoms with van der Waals surface area (Å²) in [5, 5.41) is 1.14. The van der Waals surface area contributed by atoms with Gasteiger partial charge in [0.05, 0.1) is 20.3 Å². The lowest BCUT2D eigenvalue weighted by Gasteiger charge is -2.36. The third kappa shape index (κ3) is 3.50. The van der Waals surface area contributed by atoms with Gasteiger partial charge in [-0.05, 0) is 47.7 Å². The predicted octanol–water partition coefficient (Wildman–Crippen LogP) is 5.17. The minimum atomic E-state index is -0.00412. The van der Waals surface area contributed by atoms with E-state index in [1.54, 1.807) is 14.2 Å². The van der Waals surface area contributed by atoms with Crippen molar-refractivity contribution in [3.05, 3.63) is 95.2 Å². The fourth-order valence-corrected chi connectivity index (χ4v) is 4.70. The number of amides is 1. The number of methoxy groups -OCH3 is 2. The summed E-state index contributed by atoms with van der Waals surface area (Å²) >= 11 is 0. The number of rotatable bonds is 6. The summed E-state index contributed by atoms with van der Waals surface area (Å²) in [6.07, 6.45) is 1.52. The molecule has 2 heterocycles. The van der Waals surface area contributed by atoms with E-state index in [-0.39, 0.29) is 11.9 Å². The van der Waals surface area contributed by atoms with E-state index >= 15 is 0 Å². The van der Waals surface area contributed by atoms with Gasteiger partial charge in [0.25, 0.3) is 5.91 Å². The number of nitrogens with one attached hydrogen (secondary N) is 1. The highest BCUT2D eigenvalue weighted by Crippen LogP contribution is 2.37. The van der Waals surface area contributed by atoms with Crippen molar-refractivity contribution in [2.45, 2.75) is 18.9 Å². The van der Waals surface area contributed by atoms with Crippen LogP contribution in [0.4, 0.5) is 0 Å². The van der Waals surface area contributed by atoms with E-state index in [0.29, 0.717) is 23.7 Å². The number of aromatic amines is 1. The molecule has 5 nitrogen and oxygen atoms in total. The number of carbonyl (C=O) groups is 1. The van der Waals surface area contributed by atoms with Gasteiger partial charge in [-0.2, -0.15) is 0 Å². The second-order valence-corrected chi connectivity index (χ2v) is 8.09. The van der Waals surface area contributed by atoms with Gasteiger partial charge in [0, 0.05) is 17.4 Å². The zero-order valence-electron chi connectivity index (χ0n) is 18.3. The molecule has 1 aliphatic rings. The summed E-state index contributed by atoms with van der Waals surface area (Å²) in [6, 6.07) is 24.4. The van der Waals surface area contributed by atoms with Crippen molar-refractivity contribution in [3.8, 4) is 11.5 Å². The van der Waals surface area contributed by atoms with E-state index in [9.17, 15) is 4.79 Å². The third-order valence-electron chi connectivity index (χ3n) is 6.34. The second-order valence-electron chi connectivity index (χ2n) is 8.09. The number of fused-ring (bicyclic) bond motifs is 3. The number of hydrogen-bond donors (Lipinski definition) is 1. The third-order valence-corrected chi connectivity index (χ3v) is 6.34. The van der Waals surface area contributed by atoms with Gasteiger partial charge in [-0.3, -0.25) is 4.79 Å². The fourth-order valence-electron chi connectivity index (χ4n) is 4.70. The van der Waals surface area contributed by atoms with E-state index in [1.165, 1.54) is 0 Å². The number of para-hydroxylation sites is 1. The molecule has 5 rings (SSSR count). The average Bonchev–Trinajstić information content (AvgIpc) is 3.22. The highest BCUT2D eigenvalue weighted by atomic mass is 16.5. The Morgan fingerprint density at radius 1 is 0.938 bits per heavy atom. The Hall–Kier alpha value is -3.73. The molecule has 0 saturated heterocycles. The normalized spacial score (nSPS) is 15.6. The molecular weight excluding hydrogens is 400 g/mol. The van der Waals surface area contributed by atoms with Gasteiger partial charge in [0.2, 0.25) is 0 Å². The van der Waals surface area contributed by atoms with Crippen molar-refractivity contribution in [2.75, 3.05) is 20.8 Å². The Kier molecular flexibility index (Phi) is 5.31. The molecule has 0 radical (unpaired) electrons. The standard InChI is InChI=1S/C27H26N2O3/c1-31-24-13-12-18(16-25(24)32-2)14-15-29-23(19-8-4-3-5-9-19)17-21-20-10-6-7-11-22(20)28-26(21)27(29)30/h3-13,16,23,28H,14-15,17H2,1-2H3/t23-/m0/s1. The summed E-state index contributed by atoms with van der Waals surface area (Å²) < 4.78 is 10.8. The summed E-state index contributed by atoms with van der Waals surface area (Å²) in [6.45, 7) is 0.614. The molecule has 1 atom stereocenters. The van der Waals surface area contributed by atoms with Gasteiger partial charge >= 0.3 is 0 Å². The molecule has 4 aromatic rings. The second kappa shape index (κ2) is 8.42. The van der Waals surface area contributed by atoms with Crippen molar-refractivity contribution in [1.29, 1.82) is 0 Å². The van der Waals surface area contributed by atoms with E-state index < -0.39 is 0 Å². The molecule has 0 aliphatic carbocycles. The largest absolute Gasteiger partial charge is 0.493 e. The van der Waals surface area contributed by atoms with Crippen LogP contribution in [0.15, 0.2) is 72.8 Å². The van der Waals surface area contributed by atoms with E-state index in [4.69, 9.17) is 9.47 Å². The zero-order valence-corrected chi connectivity index (χ0v) is 18.3. The van der Waals surface area contributed by atoms with Crippen LogP contribution >= 0.6 is 0 Å². The van der Waals surface area contributed by atoms with Gasteiger partial charge in [-0.25, -0.2) is 0 Å². The molecule has 0 saturated carbocycles. The lowest BCUT2D eigenvalue weighted by molar-refractivity contribution is 0.0645. The number of aromatic nitrogens is 1. The molecule has 1 aliphatic heterocycles. The monoisotopic (exact) mass is 426 g/mol. The number of hydrogen-bond acceptors (Lipinski definition) is 3. The lowest BCUT2D eigenvalue weighted by atomic mass is 9.91. The molecule has 1 amide bonds. The molecule has 0 fully saturated rings. The SMILES string of the molecule is COc1ccc(CCN2C(=O)c3[nH]c4ccccc4c3C[C@H]2c2ccccc2)cc1OC. The van der Waals surface area contributed by atoms with Gasteiger partial charge in [-0.1, -0.05) is 54.6 Å². The molecule has 0 unspecified atom stereocenters. The van der Waals surface area contributed by atoms with E-state index in [0.717, 1.165) is 40.4 Å². The van der Waals surface area contributed by atoms with Crippen LogP contribution in [-0.2, 0) is 12.8 Å². The van der Waals surface area contributed by atoms with Gasteiger partial charge in [-0.15, -0.1) is 0 Å². The molecular formula is C27H26N2O3. The number of ether oxygens (including phenoxy) is 2. The fraction of sp³-hybridized carbons (Fsp3) is 0.222. The van der Waals surface area contributed by atoms with Crippen LogP contribution in [-0.4, -0.2) is 36.6 Å². The first kappa shape index (κ1) is 20.2. The Bertz CT molecular complexity index is 1260. The molecule has 3 aromatic carbocycles. The zero-order chi connectivity index (χ0) is 22.1. The van der Waals surface area contributed by atoms with Crippen LogP contribution in [0.25, 0.3) is 10.9 Å². The van der Waals surface area contributed by atoms with Crippen molar-refractivity contribution in [1.82, 2.24) is 9.88 Å². The van der Waals surface area contributed by atoms with Crippen LogP contribution in [0.5, 0.6) is 11.5 Å². The van der Waals surface area contributed by atoms with Crippen molar-refractivity contribution in [3.63, 3.8) is 0 Å². The predicted molar refractivity (Wildman–Crippen MR) is 125 cm³/mol. The van der Waals surface area contributed by atoms with E-state index in [2.05, 4.69) is 23.2 Å². The van der Waals surface area contributed by atoms with Crippen LogP contribution < -0.4 is 9.47 Å². The first-order valence-electron chi connectivity index (χ1n) is 10.9. The number of carbonyl (C=O) groups excluding carboxylic acids is 1. The molecule has 0 spiro atoms. The minimum Gasteiger partial charge on any atom is -0.493 e. The highest BCUT2D eigenvalue weighted by molar-refractivity contribution is 6.02. The van der Waals surface area contributed by atoms with Crippen LogP contribution in [0, 0.1) is 0 Å². The summed E-state index contributed by atoms with van der Waals surface area (Å²) in [5.74, 6) is 1.46. The minimum absolute atomic E-state index is 0.00412. The van der Waals surface area contributed by atoms with Gasteiger partial charge in [0.1, 0.15) is 5.69 Å². The number of nitrogens with zero attached hydrogens (tertiary/aromatic N) is 1. The molecule has 32 heavy (non-hydrogen) atoms. The maximum absolute atomic E-state index is 13.7. The Morgan fingerprint density at radius 2 is 1.69 bits per heavy atom. The summed E-state index contributed by atoms with van der Waals surface area (Å²) in [5.41, 5.74) is 5.10. The Labute approximate surface area is 187 Å². The summed E-state index contributed by atoms with van der Waals surface area (Å²) in [4.78, 5) is 19.0. The smallest absolute Gasteiger partial charge is 0.271 e. The maximum Gasteiger partial charge on any atom is 0.271 e. The van der Waals surface area contributed by atoms with E-state index in [1.807, 2.05) is 59.5 Å². The lowest BCUT2D eigenvalue weighted by Crippen LogP contribution is -2.41. The topological polar surface area (TPSA) is 54.6 Å². The molecule has 162 valence electrons. The molecule has 5 heteroatoms. The van der Waals surface area contributed by atoms with Gasteiger partial charge in [0.15, 0.2) is 11.5 Å². The Morgan fingerprint density at radius 3 is 2.47 bits per heavy atom. The first-order chi connectivity index (χ1) is 15.7. The number of benzene rings is 3. The quantitative estimate of drug-likeness (QED) is 0.463. The first-order valence-corrected chi connectivity index (χ1v) is 10.9. The van der Waals surface area contributed by atoms with Crippen LogP contribution in [0.2, 0.25) is 0 Å². The van der Waals surface area contributed by atoms with Gasteiger partial charge < -0.3 is 19.4 Å². The highest BCUT2D eigenvalue weighted by Gasteiger charge is 2.35. The maximum atomic E-state index is 13.7. The van der Waals surface area contributed by atoms with Crippen molar-refractivity contribution in [2.24, 2.45) is 0 Å².